The zero-order valence-corrected chi connectivity index (χ0v) is 12.0. The third-order valence-corrected chi connectivity index (χ3v) is 3.56. The van der Waals surface area contributed by atoms with E-state index in [9.17, 15) is 0 Å². The first-order chi connectivity index (χ1) is 8.31. The van der Waals surface area contributed by atoms with Crippen molar-refractivity contribution in [1.29, 1.82) is 0 Å². The number of nitrogens with zero attached hydrogens (tertiary/aromatic N) is 2. The van der Waals surface area contributed by atoms with Gasteiger partial charge in [-0.05, 0) is 47.8 Å². The van der Waals surface area contributed by atoms with Crippen molar-refractivity contribution in [3.63, 3.8) is 0 Å². The zero-order valence-electron chi connectivity index (χ0n) is 10.4. The molecule has 1 aliphatic heterocycles. The number of hydrogen-bond donors (Lipinski definition) is 1. The van der Waals surface area contributed by atoms with Crippen molar-refractivity contribution in [3.05, 3.63) is 22.3 Å². The minimum atomic E-state index is 0.898. The summed E-state index contributed by atoms with van der Waals surface area (Å²) < 4.78 is 1.06. The molecule has 1 aromatic rings. The summed E-state index contributed by atoms with van der Waals surface area (Å²) in [4.78, 5) is 7.01. The standard InChI is InChI=1S/C13H20BrN3/c1-2-15-9-11-8-12(14)10-16-13(11)17-6-4-3-5-7-17/h8,10,15H,2-7,9H2,1H3. The van der Waals surface area contributed by atoms with Crippen LogP contribution in [0.2, 0.25) is 0 Å². The van der Waals surface area contributed by atoms with Crippen molar-refractivity contribution in [2.24, 2.45) is 0 Å². The first kappa shape index (κ1) is 12.8. The van der Waals surface area contributed by atoms with E-state index in [0.29, 0.717) is 0 Å². The first-order valence-corrected chi connectivity index (χ1v) is 7.20. The van der Waals surface area contributed by atoms with Crippen LogP contribution in [0.5, 0.6) is 0 Å². The summed E-state index contributed by atoms with van der Waals surface area (Å²) >= 11 is 3.50. The second kappa shape index (κ2) is 6.36. The molecule has 0 bridgehead atoms. The quantitative estimate of drug-likeness (QED) is 0.926. The monoisotopic (exact) mass is 297 g/mol. The number of anilines is 1. The van der Waals surface area contributed by atoms with Crippen LogP contribution in [0.25, 0.3) is 0 Å². The molecule has 17 heavy (non-hydrogen) atoms. The molecule has 3 nitrogen and oxygen atoms in total. The van der Waals surface area contributed by atoms with Crippen molar-refractivity contribution in [1.82, 2.24) is 10.3 Å². The summed E-state index contributed by atoms with van der Waals surface area (Å²) in [5, 5.41) is 3.38. The van der Waals surface area contributed by atoms with E-state index in [-0.39, 0.29) is 0 Å². The summed E-state index contributed by atoms with van der Waals surface area (Å²) in [5.74, 6) is 1.16. The molecule has 94 valence electrons. The first-order valence-electron chi connectivity index (χ1n) is 6.41. The average molecular weight is 298 g/mol. The molecule has 0 aromatic carbocycles. The van der Waals surface area contributed by atoms with Crippen LogP contribution in [0, 0.1) is 0 Å². The van der Waals surface area contributed by atoms with Crippen LogP contribution < -0.4 is 10.2 Å². The molecular weight excluding hydrogens is 278 g/mol. The van der Waals surface area contributed by atoms with E-state index in [4.69, 9.17) is 0 Å². The van der Waals surface area contributed by atoms with Crippen LogP contribution in [0.4, 0.5) is 5.82 Å². The van der Waals surface area contributed by atoms with E-state index in [2.05, 4.69) is 44.1 Å². The Hall–Kier alpha value is -0.610. The fraction of sp³-hybridized carbons (Fsp3) is 0.615. The molecule has 1 aromatic heterocycles. The molecule has 0 atom stereocenters. The Labute approximate surface area is 112 Å². The van der Waals surface area contributed by atoms with Gasteiger partial charge < -0.3 is 10.2 Å². The molecule has 0 amide bonds. The van der Waals surface area contributed by atoms with Gasteiger partial charge >= 0.3 is 0 Å². The minimum absolute atomic E-state index is 0.898. The largest absolute Gasteiger partial charge is 0.356 e. The third-order valence-electron chi connectivity index (χ3n) is 3.13. The molecule has 0 saturated carbocycles. The van der Waals surface area contributed by atoms with Gasteiger partial charge in [0.1, 0.15) is 5.82 Å². The van der Waals surface area contributed by atoms with Crippen LogP contribution in [-0.2, 0) is 6.54 Å². The normalized spacial score (nSPS) is 16.2. The maximum Gasteiger partial charge on any atom is 0.133 e. The molecule has 1 saturated heterocycles. The SMILES string of the molecule is CCNCc1cc(Br)cnc1N1CCCCC1. The van der Waals surface area contributed by atoms with Crippen LogP contribution in [0.15, 0.2) is 16.7 Å². The van der Waals surface area contributed by atoms with Crippen LogP contribution in [0.3, 0.4) is 0 Å². The maximum absolute atomic E-state index is 4.59. The summed E-state index contributed by atoms with van der Waals surface area (Å²) in [6.07, 6.45) is 5.84. The third kappa shape index (κ3) is 3.42. The van der Waals surface area contributed by atoms with E-state index >= 15 is 0 Å². The van der Waals surface area contributed by atoms with Crippen LogP contribution in [0.1, 0.15) is 31.7 Å². The smallest absolute Gasteiger partial charge is 0.133 e. The summed E-state index contributed by atoms with van der Waals surface area (Å²) in [6.45, 7) is 6.31. The Balaban J connectivity index is 2.18. The predicted molar refractivity (Wildman–Crippen MR) is 75.4 cm³/mol. The van der Waals surface area contributed by atoms with Gasteiger partial charge in [0.25, 0.3) is 0 Å². The van der Waals surface area contributed by atoms with E-state index in [1.54, 1.807) is 0 Å². The van der Waals surface area contributed by atoms with Gasteiger partial charge in [0.05, 0.1) is 0 Å². The highest BCUT2D eigenvalue weighted by Gasteiger charge is 2.15. The Bertz CT molecular complexity index is 362. The number of aromatic nitrogens is 1. The van der Waals surface area contributed by atoms with Crippen molar-refractivity contribution < 1.29 is 0 Å². The topological polar surface area (TPSA) is 28.2 Å². The molecule has 0 unspecified atom stereocenters. The van der Waals surface area contributed by atoms with Gasteiger partial charge in [0.15, 0.2) is 0 Å². The highest BCUT2D eigenvalue weighted by atomic mass is 79.9. The lowest BCUT2D eigenvalue weighted by molar-refractivity contribution is 0.570. The minimum Gasteiger partial charge on any atom is -0.356 e. The van der Waals surface area contributed by atoms with E-state index in [0.717, 1.165) is 36.5 Å². The fourth-order valence-corrected chi connectivity index (χ4v) is 2.63. The Morgan fingerprint density at radius 3 is 2.82 bits per heavy atom. The molecule has 1 aliphatic rings. The molecule has 1 N–H and O–H groups in total. The molecular formula is C13H20BrN3. The van der Waals surface area contributed by atoms with Crippen molar-refractivity contribution >= 4 is 21.7 Å². The highest BCUT2D eigenvalue weighted by molar-refractivity contribution is 9.10. The fourth-order valence-electron chi connectivity index (χ4n) is 2.25. The Kier molecular flexibility index (Phi) is 4.80. The molecule has 2 heterocycles. The number of hydrogen-bond acceptors (Lipinski definition) is 3. The molecule has 0 radical (unpaired) electrons. The number of nitrogens with one attached hydrogen (secondary N) is 1. The van der Waals surface area contributed by atoms with Crippen molar-refractivity contribution in [2.75, 3.05) is 24.5 Å². The Morgan fingerprint density at radius 2 is 2.12 bits per heavy atom. The van der Waals surface area contributed by atoms with Crippen LogP contribution in [-0.4, -0.2) is 24.6 Å². The van der Waals surface area contributed by atoms with Gasteiger partial charge in [0.2, 0.25) is 0 Å². The number of pyridine rings is 1. The second-order valence-corrected chi connectivity index (χ2v) is 5.38. The summed E-state index contributed by atoms with van der Waals surface area (Å²) in [6, 6.07) is 2.18. The maximum atomic E-state index is 4.59. The number of halogens is 1. The molecule has 2 rings (SSSR count). The van der Waals surface area contributed by atoms with Gasteiger partial charge in [-0.2, -0.15) is 0 Å². The number of piperidine rings is 1. The van der Waals surface area contributed by atoms with Crippen molar-refractivity contribution in [3.8, 4) is 0 Å². The molecule has 1 fully saturated rings. The zero-order chi connectivity index (χ0) is 12.1. The van der Waals surface area contributed by atoms with Crippen LogP contribution >= 0.6 is 15.9 Å². The summed E-state index contributed by atoms with van der Waals surface area (Å²) in [5.41, 5.74) is 1.29. The number of rotatable bonds is 4. The molecule has 4 heteroatoms. The second-order valence-electron chi connectivity index (χ2n) is 4.46. The Morgan fingerprint density at radius 1 is 1.35 bits per heavy atom. The van der Waals surface area contributed by atoms with E-state index < -0.39 is 0 Å². The van der Waals surface area contributed by atoms with Gasteiger partial charge in [-0.1, -0.05) is 6.92 Å². The highest BCUT2D eigenvalue weighted by Crippen LogP contribution is 2.24. The van der Waals surface area contributed by atoms with Gasteiger partial charge in [0, 0.05) is 35.9 Å². The lowest BCUT2D eigenvalue weighted by Crippen LogP contribution is -2.31. The predicted octanol–water partition coefficient (Wildman–Crippen LogP) is 2.94. The van der Waals surface area contributed by atoms with Gasteiger partial charge in [-0.3, -0.25) is 0 Å². The lowest BCUT2D eigenvalue weighted by Gasteiger charge is -2.29. The summed E-state index contributed by atoms with van der Waals surface area (Å²) in [7, 11) is 0. The van der Waals surface area contributed by atoms with Crippen molar-refractivity contribution in [2.45, 2.75) is 32.7 Å². The van der Waals surface area contributed by atoms with Gasteiger partial charge in [-0.25, -0.2) is 4.98 Å². The molecule has 0 spiro atoms. The molecule has 0 aliphatic carbocycles. The average Bonchev–Trinajstić information content (AvgIpc) is 2.37. The van der Waals surface area contributed by atoms with E-state index in [1.807, 2.05) is 6.20 Å². The lowest BCUT2D eigenvalue weighted by atomic mass is 10.1. The van der Waals surface area contributed by atoms with E-state index in [1.165, 1.54) is 24.8 Å². The van der Waals surface area contributed by atoms with Gasteiger partial charge in [-0.15, -0.1) is 0 Å².